The highest BCUT2D eigenvalue weighted by molar-refractivity contribution is 5.91. The molecule has 0 N–H and O–H groups in total. The van der Waals surface area contributed by atoms with Gasteiger partial charge in [0.2, 0.25) is 0 Å². The van der Waals surface area contributed by atoms with E-state index in [-0.39, 0.29) is 11.8 Å². The molecule has 2 nitrogen and oxygen atoms in total. The highest BCUT2D eigenvalue weighted by Crippen LogP contribution is 2.26. The van der Waals surface area contributed by atoms with Gasteiger partial charge in [0.15, 0.2) is 5.83 Å². The molecular weight excluding hydrogens is 217 g/mol. The van der Waals surface area contributed by atoms with Crippen LogP contribution >= 0.6 is 0 Å². The van der Waals surface area contributed by atoms with Gasteiger partial charge in [-0.1, -0.05) is 19.3 Å². The molecule has 2 aliphatic rings. The van der Waals surface area contributed by atoms with Crippen LogP contribution in [0.25, 0.3) is 0 Å². The zero-order valence-corrected chi connectivity index (χ0v) is 10.5. The van der Waals surface area contributed by atoms with Gasteiger partial charge in [0.25, 0.3) is 5.91 Å². The van der Waals surface area contributed by atoms with E-state index in [0.717, 1.165) is 45.2 Å². The van der Waals surface area contributed by atoms with Crippen molar-refractivity contribution in [3.8, 4) is 0 Å². The van der Waals surface area contributed by atoms with E-state index >= 15 is 0 Å². The van der Waals surface area contributed by atoms with Gasteiger partial charge in [0.1, 0.15) is 0 Å². The lowest BCUT2D eigenvalue weighted by atomic mass is 9.89. The number of hydrogen-bond acceptors (Lipinski definition) is 1. The van der Waals surface area contributed by atoms with Crippen molar-refractivity contribution < 1.29 is 9.18 Å². The van der Waals surface area contributed by atoms with Crippen LogP contribution in [-0.4, -0.2) is 23.9 Å². The third-order valence-corrected chi connectivity index (χ3v) is 3.88. The van der Waals surface area contributed by atoms with E-state index < -0.39 is 5.83 Å². The van der Waals surface area contributed by atoms with Gasteiger partial charge in [-0.15, -0.1) is 0 Å². The first kappa shape index (κ1) is 12.6. The Labute approximate surface area is 103 Å². The quantitative estimate of drug-likeness (QED) is 0.676. The molecule has 17 heavy (non-hydrogen) atoms. The van der Waals surface area contributed by atoms with Gasteiger partial charge in [-0.2, -0.15) is 0 Å². The van der Waals surface area contributed by atoms with Crippen LogP contribution in [0.4, 0.5) is 4.39 Å². The third kappa shape index (κ3) is 3.55. The SMILES string of the molecule is O=C(/C(F)=C/C1CCCCC1)N1CCCCC1. The second kappa shape index (κ2) is 6.18. The Kier molecular flexibility index (Phi) is 4.57. The van der Waals surface area contributed by atoms with Crippen LogP contribution in [0.15, 0.2) is 11.9 Å². The summed E-state index contributed by atoms with van der Waals surface area (Å²) in [5, 5.41) is 0. The van der Waals surface area contributed by atoms with Crippen molar-refractivity contribution in [3.05, 3.63) is 11.9 Å². The molecule has 0 atom stereocenters. The molecule has 0 aromatic heterocycles. The Morgan fingerprint density at radius 3 is 2.24 bits per heavy atom. The average Bonchev–Trinajstić information content (AvgIpc) is 2.40. The highest BCUT2D eigenvalue weighted by atomic mass is 19.1. The van der Waals surface area contributed by atoms with Gasteiger partial charge >= 0.3 is 0 Å². The fourth-order valence-electron chi connectivity index (χ4n) is 2.83. The van der Waals surface area contributed by atoms with Crippen LogP contribution in [-0.2, 0) is 4.79 Å². The fourth-order valence-corrected chi connectivity index (χ4v) is 2.83. The molecule has 0 unspecified atom stereocenters. The summed E-state index contributed by atoms with van der Waals surface area (Å²) < 4.78 is 13.8. The Bertz CT molecular complexity index is 289. The molecule has 0 bridgehead atoms. The number of piperidine rings is 1. The van der Waals surface area contributed by atoms with Crippen molar-refractivity contribution in [2.45, 2.75) is 51.4 Å². The summed E-state index contributed by atoms with van der Waals surface area (Å²) >= 11 is 0. The van der Waals surface area contributed by atoms with Crippen LogP contribution in [0.2, 0.25) is 0 Å². The minimum atomic E-state index is -0.515. The van der Waals surface area contributed by atoms with Gasteiger partial charge in [-0.05, 0) is 44.1 Å². The Morgan fingerprint density at radius 1 is 1.00 bits per heavy atom. The lowest BCUT2D eigenvalue weighted by Gasteiger charge is -2.26. The molecular formula is C14H22FNO. The summed E-state index contributed by atoms with van der Waals surface area (Å²) in [4.78, 5) is 13.5. The van der Waals surface area contributed by atoms with Crippen molar-refractivity contribution in [1.82, 2.24) is 4.90 Å². The topological polar surface area (TPSA) is 20.3 Å². The molecule has 0 radical (unpaired) electrons. The van der Waals surface area contributed by atoms with Gasteiger partial charge < -0.3 is 4.90 Å². The van der Waals surface area contributed by atoms with Crippen molar-refractivity contribution in [1.29, 1.82) is 0 Å². The average molecular weight is 239 g/mol. The molecule has 0 aromatic rings. The maximum absolute atomic E-state index is 13.8. The number of halogens is 1. The lowest BCUT2D eigenvalue weighted by molar-refractivity contribution is -0.129. The summed E-state index contributed by atoms with van der Waals surface area (Å²) in [5.74, 6) is -0.605. The number of allylic oxidation sites excluding steroid dienone is 1. The summed E-state index contributed by atoms with van der Waals surface area (Å²) in [6.45, 7) is 1.45. The molecule has 0 spiro atoms. The molecule has 1 aliphatic carbocycles. The van der Waals surface area contributed by atoms with Gasteiger partial charge in [-0.25, -0.2) is 4.39 Å². The van der Waals surface area contributed by atoms with Crippen LogP contribution in [0.1, 0.15) is 51.4 Å². The first-order chi connectivity index (χ1) is 8.27. The molecule has 2 fully saturated rings. The largest absolute Gasteiger partial charge is 0.337 e. The molecule has 2 rings (SSSR count). The molecule has 0 aromatic carbocycles. The number of carbonyl (C=O) groups excluding carboxylic acids is 1. The van der Waals surface area contributed by atoms with E-state index in [1.807, 2.05) is 0 Å². The van der Waals surface area contributed by atoms with Crippen molar-refractivity contribution >= 4 is 5.91 Å². The van der Waals surface area contributed by atoms with Crippen molar-refractivity contribution in [2.24, 2.45) is 5.92 Å². The van der Waals surface area contributed by atoms with Crippen LogP contribution in [0.5, 0.6) is 0 Å². The zero-order valence-electron chi connectivity index (χ0n) is 10.5. The minimum Gasteiger partial charge on any atom is -0.337 e. The molecule has 3 heteroatoms. The van der Waals surface area contributed by atoms with E-state index in [1.54, 1.807) is 11.0 Å². The van der Waals surface area contributed by atoms with Gasteiger partial charge in [-0.3, -0.25) is 4.79 Å². The monoisotopic (exact) mass is 239 g/mol. The molecule has 1 amide bonds. The lowest BCUT2D eigenvalue weighted by Crippen LogP contribution is -2.36. The summed E-state index contributed by atoms with van der Waals surface area (Å²) in [5.41, 5.74) is 0. The van der Waals surface area contributed by atoms with E-state index in [0.29, 0.717) is 0 Å². The summed E-state index contributed by atoms with van der Waals surface area (Å²) in [7, 11) is 0. The van der Waals surface area contributed by atoms with E-state index in [9.17, 15) is 9.18 Å². The number of likely N-dealkylation sites (tertiary alicyclic amines) is 1. The van der Waals surface area contributed by atoms with Gasteiger partial charge in [0, 0.05) is 13.1 Å². The Balaban J connectivity index is 1.90. The molecule has 96 valence electrons. The maximum atomic E-state index is 13.8. The number of hydrogen-bond donors (Lipinski definition) is 0. The molecule has 1 saturated heterocycles. The summed E-state index contributed by atoms with van der Waals surface area (Å²) in [6.07, 6.45) is 10.5. The third-order valence-electron chi connectivity index (χ3n) is 3.88. The Hall–Kier alpha value is -0.860. The maximum Gasteiger partial charge on any atom is 0.282 e. The van der Waals surface area contributed by atoms with E-state index in [2.05, 4.69) is 0 Å². The Morgan fingerprint density at radius 2 is 1.59 bits per heavy atom. The predicted molar refractivity (Wildman–Crippen MR) is 66.2 cm³/mol. The van der Waals surface area contributed by atoms with Crippen LogP contribution in [0.3, 0.4) is 0 Å². The molecule has 1 heterocycles. The molecule has 1 aliphatic heterocycles. The predicted octanol–water partition coefficient (Wildman–Crippen LogP) is 3.43. The number of nitrogens with zero attached hydrogens (tertiary/aromatic N) is 1. The second-order valence-electron chi connectivity index (χ2n) is 5.27. The zero-order chi connectivity index (χ0) is 12.1. The number of amides is 1. The standard InChI is InChI=1S/C14H22FNO/c15-13(11-12-7-3-1-4-8-12)14(17)16-9-5-2-6-10-16/h11-12H,1-10H2/b13-11-. The fraction of sp³-hybridized carbons (Fsp3) is 0.786. The summed E-state index contributed by atoms with van der Waals surface area (Å²) in [6, 6.07) is 0. The van der Waals surface area contributed by atoms with Crippen LogP contribution < -0.4 is 0 Å². The van der Waals surface area contributed by atoms with E-state index in [1.165, 1.54) is 19.3 Å². The smallest absolute Gasteiger partial charge is 0.282 e. The minimum absolute atomic E-state index is 0.289. The molecule has 1 saturated carbocycles. The van der Waals surface area contributed by atoms with E-state index in [4.69, 9.17) is 0 Å². The normalized spacial score (nSPS) is 23.8. The number of carbonyl (C=O) groups is 1. The first-order valence-electron chi connectivity index (χ1n) is 6.94. The highest BCUT2D eigenvalue weighted by Gasteiger charge is 2.22. The van der Waals surface area contributed by atoms with Crippen molar-refractivity contribution in [2.75, 3.05) is 13.1 Å². The van der Waals surface area contributed by atoms with Crippen LogP contribution in [0, 0.1) is 5.92 Å². The first-order valence-corrected chi connectivity index (χ1v) is 6.94. The van der Waals surface area contributed by atoms with Gasteiger partial charge in [0.05, 0.1) is 0 Å². The number of rotatable bonds is 2. The second-order valence-corrected chi connectivity index (χ2v) is 5.27. The van der Waals surface area contributed by atoms with Crippen molar-refractivity contribution in [3.63, 3.8) is 0 Å².